The summed E-state index contributed by atoms with van der Waals surface area (Å²) in [6.07, 6.45) is -0.752. The first kappa shape index (κ1) is 9.80. The Bertz CT molecular complexity index is 660. The molecular formula is C15H22N2O3. The SMILES string of the molecule is [2H]c1c([2H])c([2H])c(CNC(=O)[C@@H](C)NC(=O)OC(C)(C)C)c([2H])c1[2H]. The molecule has 20 heavy (non-hydrogen) atoms. The first-order valence-corrected chi connectivity index (χ1v) is 6.18. The number of benzene rings is 1. The number of alkyl carbamates (subject to hydrolysis) is 1. The van der Waals surface area contributed by atoms with Crippen LogP contribution in [0.25, 0.3) is 0 Å². The highest BCUT2D eigenvalue weighted by molar-refractivity contribution is 5.85. The van der Waals surface area contributed by atoms with Crippen molar-refractivity contribution in [2.75, 3.05) is 0 Å². The Kier molecular flexibility index (Phi) is 3.40. The van der Waals surface area contributed by atoms with Crippen molar-refractivity contribution in [3.8, 4) is 0 Å². The predicted molar refractivity (Wildman–Crippen MR) is 77.1 cm³/mol. The van der Waals surface area contributed by atoms with E-state index in [2.05, 4.69) is 10.6 Å². The number of rotatable bonds is 4. The molecule has 0 bridgehead atoms. The number of carbonyl (C=O) groups is 2. The molecule has 0 aromatic heterocycles. The summed E-state index contributed by atoms with van der Waals surface area (Å²) >= 11 is 0. The van der Waals surface area contributed by atoms with Crippen LogP contribution in [-0.4, -0.2) is 23.6 Å². The molecule has 1 atom stereocenters. The van der Waals surface area contributed by atoms with E-state index < -0.39 is 41.8 Å². The van der Waals surface area contributed by atoms with Crippen molar-refractivity contribution in [1.29, 1.82) is 0 Å². The number of hydrogen-bond donors (Lipinski definition) is 2. The van der Waals surface area contributed by atoms with Gasteiger partial charge < -0.3 is 15.4 Å². The van der Waals surface area contributed by atoms with Crippen LogP contribution in [0.3, 0.4) is 0 Å². The monoisotopic (exact) mass is 283 g/mol. The zero-order chi connectivity index (χ0) is 19.5. The minimum Gasteiger partial charge on any atom is -0.444 e. The van der Waals surface area contributed by atoms with Crippen LogP contribution < -0.4 is 10.6 Å². The van der Waals surface area contributed by atoms with E-state index in [0.29, 0.717) is 0 Å². The number of amides is 2. The summed E-state index contributed by atoms with van der Waals surface area (Å²) in [7, 11) is 0. The second kappa shape index (κ2) is 6.93. The lowest BCUT2D eigenvalue weighted by Gasteiger charge is -2.21. The summed E-state index contributed by atoms with van der Waals surface area (Å²) in [5, 5.41) is 4.81. The molecular weight excluding hydrogens is 256 g/mol. The van der Waals surface area contributed by atoms with Crippen LogP contribution in [0.2, 0.25) is 0 Å². The molecule has 1 aromatic rings. The van der Waals surface area contributed by atoms with Crippen LogP contribution in [0, 0.1) is 0 Å². The van der Waals surface area contributed by atoms with E-state index in [1.54, 1.807) is 20.8 Å². The molecule has 0 aliphatic heterocycles. The Morgan fingerprint density at radius 3 is 2.45 bits per heavy atom. The number of nitrogens with one attached hydrogen (secondary N) is 2. The van der Waals surface area contributed by atoms with Crippen molar-refractivity contribution in [2.24, 2.45) is 0 Å². The molecule has 0 heterocycles. The lowest BCUT2D eigenvalue weighted by atomic mass is 10.2. The molecule has 1 rings (SSSR count). The molecule has 2 amide bonds. The van der Waals surface area contributed by atoms with Gasteiger partial charge >= 0.3 is 6.09 Å². The summed E-state index contributed by atoms with van der Waals surface area (Å²) < 4.78 is 43.3. The van der Waals surface area contributed by atoms with E-state index in [1.165, 1.54) is 6.92 Å². The fourth-order valence-corrected chi connectivity index (χ4v) is 1.24. The number of carbonyl (C=O) groups excluding carboxylic acids is 2. The number of ether oxygens (including phenoxy) is 1. The third-order valence-corrected chi connectivity index (χ3v) is 2.12. The summed E-state index contributed by atoms with van der Waals surface area (Å²) in [6.45, 7) is 6.26. The second-order valence-corrected chi connectivity index (χ2v) is 5.19. The third-order valence-electron chi connectivity index (χ3n) is 2.12. The minimum absolute atomic E-state index is 0.0242. The molecule has 5 nitrogen and oxygen atoms in total. The lowest BCUT2D eigenvalue weighted by Crippen LogP contribution is -2.46. The normalized spacial score (nSPS) is 15.9. The van der Waals surface area contributed by atoms with E-state index in [9.17, 15) is 9.59 Å². The van der Waals surface area contributed by atoms with Crippen molar-refractivity contribution < 1.29 is 21.2 Å². The van der Waals surface area contributed by atoms with Gasteiger partial charge in [-0.15, -0.1) is 0 Å². The fourth-order valence-electron chi connectivity index (χ4n) is 1.24. The predicted octanol–water partition coefficient (Wildman–Crippen LogP) is 2.22. The van der Waals surface area contributed by atoms with Crippen LogP contribution in [0.5, 0.6) is 0 Å². The van der Waals surface area contributed by atoms with Crippen LogP contribution >= 0.6 is 0 Å². The lowest BCUT2D eigenvalue weighted by molar-refractivity contribution is -0.122. The van der Waals surface area contributed by atoms with Gasteiger partial charge in [-0.1, -0.05) is 30.2 Å². The van der Waals surface area contributed by atoms with E-state index in [4.69, 9.17) is 11.6 Å². The molecule has 0 radical (unpaired) electrons. The van der Waals surface area contributed by atoms with E-state index in [-0.39, 0.29) is 24.2 Å². The average molecular weight is 283 g/mol. The van der Waals surface area contributed by atoms with Gasteiger partial charge in [-0.05, 0) is 33.3 Å². The van der Waals surface area contributed by atoms with Crippen molar-refractivity contribution in [3.05, 3.63) is 35.8 Å². The Morgan fingerprint density at radius 1 is 1.30 bits per heavy atom. The van der Waals surface area contributed by atoms with E-state index in [1.807, 2.05) is 0 Å². The number of hydrogen-bond acceptors (Lipinski definition) is 3. The Hall–Kier alpha value is -2.04. The molecule has 0 fully saturated rings. The second-order valence-electron chi connectivity index (χ2n) is 5.19. The molecule has 0 unspecified atom stereocenters. The van der Waals surface area contributed by atoms with Crippen LogP contribution in [0.1, 0.15) is 40.1 Å². The van der Waals surface area contributed by atoms with E-state index >= 15 is 0 Å². The minimum atomic E-state index is -0.917. The highest BCUT2D eigenvalue weighted by Gasteiger charge is 2.20. The molecule has 0 saturated heterocycles. The molecule has 0 aliphatic rings. The van der Waals surface area contributed by atoms with Crippen molar-refractivity contribution in [3.63, 3.8) is 0 Å². The zero-order valence-corrected chi connectivity index (χ0v) is 12.0. The quantitative estimate of drug-likeness (QED) is 0.890. The zero-order valence-electron chi connectivity index (χ0n) is 17.0. The molecule has 2 N–H and O–H groups in total. The maximum Gasteiger partial charge on any atom is 0.408 e. The average Bonchev–Trinajstić information content (AvgIpc) is 2.48. The topological polar surface area (TPSA) is 67.4 Å². The van der Waals surface area contributed by atoms with Gasteiger partial charge in [-0.3, -0.25) is 4.79 Å². The van der Waals surface area contributed by atoms with Crippen molar-refractivity contribution in [1.82, 2.24) is 10.6 Å². The molecule has 0 spiro atoms. The summed E-state index contributed by atoms with van der Waals surface area (Å²) in [5.41, 5.74) is -0.725. The van der Waals surface area contributed by atoms with Gasteiger partial charge in [0.25, 0.3) is 0 Å². The molecule has 0 aliphatic carbocycles. The van der Waals surface area contributed by atoms with Gasteiger partial charge in [0.2, 0.25) is 5.91 Å². The van der Waals surface area contributed by atoms with Gasteiger partial charge in [0.05, 0.1) is 6.85 Å². The van der Waals surface area contributed by atoms with Crippen LogP contribution in [0.4, 0.5) is 4.79 Å². The first-order chi connectivity index (χ1) is 11.3. The summed E-state index contributed by atoms with van der Waals surface area (Å²) in [4.78, 5) is 23.7. The van der Waals surface area contributed by atoms with Gasteiger partial charge in [-0.2, -0.15) is 0 Å². The standard InChI is InChI=1S/C15H22N2O3/c1-11(17-14(19)20-15(2,3)4)13(18)16-10-12-8-6-5-7-9-12/h5-9,11H,10H2,1-4H3,(H,16,18)(H,17,19)/t11-/m1/s1/i5D,6D,7D,8D,9D. The maximum absolute atomic E-state index is 12.0. The Morgan fingerprint density at radius 2 is 1.90 bits per heavy atom. The Labute approximate surface area is 126 Å². The Balaban J connectivity index is 2.76. The van der Waals surface area contributed by atoms with Gasteiger partial charge in [0, 0.05) is 6.54 Å². The summed E-state index contributed by atoms with van der Waals surface area (Å²) in [6, 6.07) is -3.10. The largest absolute Gasteiger partial charge is 0.444 e. The smallest absolute Gasteiger partial charge is 0.408 e. The van der Waals surface area contributed by atoms with Gasteiger partial charge in [0.1, 0.15) is 11.6 Å². The molecule has 110 valence electrons. The fraction of sp³-hybridized carbons (Fsp3) is 0.467. The first-order valence-electron chi connectivity index (χ1n) is 8.68. The highest BCUT2D eigenvalue weighted by atomic mass is 16.6. The van der Waals surface area contributed by atoms with Gasteiger partial charge in [-0.25, -0.2) is 4.79 Å². The van der Waals surface area contributed by atoms with Gasteiger partial charge in [0.15, 0.2) is 0 Å². The summed E-state index contributed by atoms with van der Waals surface area (Å²) in [5.74, 6) is -0.572. The highest BCUT2D eigenvalue weighted by Crippen LogP contribution is 2.06. The van der Waals surface area contributed by atoms with E-state index in [0.717, 1.165) is 0 Å². The third kappa shape index (κ3) is 6.22. The van der Waals surface area contributed by atoms with Crippen molar-refractivity contribution in [2.45, 2.75) is 45.9 Å². The molecule has 1 aromatic carbocycles. The van der Waals surface area contributed by atoms with Crippen LogP contribution in [0.15, 0.2) is 30.2 Å². The maximum atomic E-state index is 12.0. The molecule has 5 heteroatoms. The van der Waals surface area contributed by atoms with Crippen molar-refractivity contribution >= 4 is 12.0 Å². The van der Waals surface area contributed by atoms with Crippen LogP contribution in [-0.2, 0) is 16.1 Å². The molecule has 0 saturated carbocycles.